The monoisotopic (exact) mass is 361 g/mol. The molecule has 0 bridgehead atoms. The van der Waals surface area contributed by atoms with Crippen LogP contribution in [0.1, 0.15) is 45.1 Å². The Bertz CT molecular complexity index is 948. The molecule has 0 saturated heterocycles. The summed E-state index contributed by atoms with van der Waals surface area (Å²) in [6.07, 6.45) is 7.31. The van der Waals surface area contributed by atoms with Crippen molar-refractivity contribution in [2.24, 2.45) is 0 Å². The molecule has 0 atom stereocenters. The highest BCUT2D eigenvalue weighted by Crippen LogP contribution is 2.22. The fourth-order valence-corrected chi connectivity index (χ4v) is 3.52. The summed E-state index contributed by atoms with van der Waals surface area (Å²) in [5.74, 6) is 0.695. The van der Waals surface area contributed by atoms with Crippen LogP contribution in [0.25, 0.3) is 0 Å². The van der Waals surface area contributed by atoms with Crippen molar-refractivity contribution in [3.05, 3.63) is 76.6 Å². The molecule has 6 nitrogen and oxygen atoms in total. The summed E-state index contributed by atoms with van der Waals surface area (Å²) in [6.45, 7) is 3.21. The smallest absolute Gasteiger partial charge is 0.254 e. The lowest BCUT2D eigenvalue weighted by atomic mass is 10.2. The first kappa shape index (κ1) is 17.4. The second-order valence-corrected chi connectivity index (χ2v) is 6.92. The summed E-state index contributed by atoms with van der Waals surface area (Å²) < 4.78 is 1.78. The molecule has 6 heteroatoms. The van der Waals surface area contributed by atoms with Crippen molar-refractivity contribution in [2.75, 3.05) is 6.54 Å². The topological polar surface area (TPSA) is 72.7 Å². The van der Waals surface area contributed by atoms with Crippen LogP contribution in [0.5, 0.6) is 0 Å². The van der Waals surface area contributed by atoms with Gasteiger partial charge in [-0.05, 0) is 37.3 Å². The summed E-state index contributed by atoms with van der Waals surface area (Å²) in [5.41, 5.74) is 5.30. The van der Waals surface area contributed by atoms with Crippen molar-refractivity contribution < 1.29 is 4.79 Å². The van der Waals surface area contributed by atoms with Gasteiger partial charge < -0.3 is 5.32 Å². The Morgan fingerprint density at radius 3 is 2.89 bits per heavy atom. The molecule has 27 heavy (non-hydrogen) atoms. The van der Waals surface area contributed by atoms with Crippen LogP contribution >= 0.6 is 0 Å². The minimum atomic E-state index is -0.118. The van der Waals surface area contributed by atoms with Crippen LogP contribution in [-0.4, -0.2) is 32.2 Å². The van der Waals surface area contributed by atoms with Crippen LogP contribution in [0, 0.1) is 6.92 Å². The summed E-state index contributed by atoms with van der Waals surface area (Å²) >= 11 is 0. The van der Waals surface area contributed by atoms with Gasteiger partial charge in [-0.2, -0.15) is 5.10 Å². The number of nitrogens with zero attached hydrogens (tertiary/aromatic N) is 4. The number of hydrogen-bond acceptors (Lipinski definition) is 4. The van der Waals surface area contributed by atoms with Crippen molar-refractivity contribution in [1.29, 1.82) is 0 Å². The second kappa shape index (κ2) is 7.70. The van der Waals surface area contributed by atoms with E-state index in [-0.39, 0.29) is 5.91 Å². The maximum Gasteiger partial charge on any atom is 0.254 e. The molecule has 1 aliphatic carbocycles. The number of benzene rings is 1. The number of aromatic nitrogens is 4. The zero-order valence-electron chi connectivity index (χ0n) is 15.5. The van der Waals surface area contributed by atoms with Gasteiger partial charge in [0.05, 0.1) is 18.3 Å². The lowest BCUT2D eigenvalue weighted by molar-refractivity contribution is 0.0954. The van der Waals surface area contributed by atoms with E-state index in [4.69, 9.17) is 0 Å². The van der Waals surface area contributed by atoms with Crippen molar-refractivity contribution in [3.63, 3.8) is 0 Å². The summed E-state index contributed by atoms with van der Waals surface area (Å²) in [5, 5.41) is 7.22. The maximum absolute atomic E-state index is 12.3. The predicted octanol–water partition coefficient (Wildman–Crippen LogP) is 2.49. The molecule has 0 saturated carbocycles. The molecule has 2 aromatic heterocycles. The Balaban J connectivity index is 1.32. The van der Waals surface area contributed by atoms with Gasteiger partial charge in [-0.25, -0.2) is 9.97 Å². The van der Waals surface area contributed by atoms with Gasteiger partial charge in [0.1, 0.15) is 5.82 Å². The number of rotatable bonds is 6. The van der Waals surface area contributed by atoms with E-state index in [0.29, 0.717) is 25.1 Å². The molecule has 0 radical (unpaired) electrons. The average molecular weight is 361 g/mol. The Morgan fingerprint density at radius 1 is 1.19 bits per heavy atom. The Hall–Kier alpha value is -3.02. The Morgan fingerprint density at radius 2 is 2.04 bits per heavy atom. The fraction of sp³-hybridized carbons (Fsp3) is 0.333. The largest absolute Gasteiger partial charge is 0.351 e. The molecule has 0 unspecified atom stereocenters. The van der Waals surface area contributed by atoms with E-state index in [1.807, 2.05) is 30.3 Å². The molecule has 1 amide bonds. The highest BCUT2D eigenvalue weighted by atomic mass is 16.1. The van der Waals surface area contributed by atoms with E-state index in [9.17, 15) is 4.79 Å². The molecular formula is C21H23N5O. The number of aryl methyl sites for hydroxylation is 2. The van der Waals surface area contributed by atoms with Gasteiger partial charge >= 0.3 is 0 Å². The van der Waals surface area contributed by atoms with Crippen molar-refractivity contribution in [2.45, 2.75) is 39.2 Å². The van der Waals surface area contributed by atoms with Gasteiger partial charge in [-0.15, -0.1) is 0 Å². The minimum Gasteiger partial charge on any atom is -0.351 e. The standard InChI is InChI=1S/C21H23N5O/c1-15-18-8-5-9-19(18)25-20(24-15)10-11-22-21(27)17-12-23-26(14-17)13-16-6-3-2-4-7-16/h2-4,6-7,12,14H,5,8-11,13H2,1H3,(H,22,27). The second-order valence-electron chi connectivity index (χ2n) is 6.92. The van der Waals surface area contributed by atoms with E-state index in [1.165, 1.54) is 11.3 Å². The molecule has 1 aliphatic rings. The van der Waals surface area contributed by atoms with Gasteiger partial charge in [0.2, 0.25) is 0 Å². The van der Waals surface area contributed by atoms with E-state index >= 15 is 0 Å². The van der Waals surface area contributed by atoms with Crippen molar-refractivity contribution in [3.8, 4) is 0 Å². The number of amides is 1. The number of carbonyl (C=O) groups is 1. The third-order valence-electron chi connectivity index (χ3n) is 4.90. The van der Waals surface area contributed by atoms with Gasteiger partial charge in [-0.1, -0.05) is 30.3 Å². The van der Waals surface area contributed by atoms with Crippen LogP contribution < -0.4 is 5.32 Å². The molecule has 0 fully saturated rings. The van der Waals surface area contributed by atoms with Crippen molar-refractivity contribution >= 4 is 5.91 Å². The van der Waals surface area contributed by atoms with E-state index in [2.05, 4.69) is 27.3 Å². The molecule has 2 heterocycles. The average Bonchev–Trinajstić information content (AvgIpc) is 3.32. The molecule has 4 rings (SSSR count). The zero-order chi connectivity index (χ0) is 18.6. The minimum absolute atomic E-state index is 0.118. The molecule has 1 aromatic carbocycles. The molecular weight excluding hydrogens is 338 g/mol. The van der Waals surface area contributed by atoms with Crippen LogP contribution in [0.3, 0.4) is 0 Å². The molecule has 1 N–H and O–H groups in total. The quantitative estimate of drug-likeness (QED) is 0.732. The summed E-state index contributed by atoms with van der Waals surface area (Å²) in [7, 11) is 0. The van der Waals surface area contributed by atoms with Crippen molar-refractivity contribution in [1.82, 2.24) is 25.1 Å². The first-order chi connectivity index (χ1) is 13.2. The van der Waals surface area contributed by atoms with Gasteiger partial charge in [-0.3, -0.25) is 9.48 Å². The Labute approximate surface area is 158 Å². The van der Waals surface area contributed by atoms with E-state index < -0.39 is 0 Å². The number of nitrogens with one attached hydrogen (secondary N) is 1. The lowest BCUT2D eigenvalue weighted by Gasteiger charge is -2.07. The predicted molar refractivity (Wildman–Crippen MR) is 103 cm³/mol. The number of hydrogen-bond donors (Lipinski definition) is 1. The Kier molecular flexibility index (Phi) is 4.96. The number of fused-ring (bicyclic) bond motifs is 1. The van der Waals surface area contributed by atoms with E-state index in [0.717, 1.165) is 36.3 Å². The zero-order valence-corrected chi connectivity index (χ0v) is 15.5. The first-order valence-electron chi connectivity index (χ1n) is 9.39. The van der Waals surface area contributed by atoms with Gasteiger partial charge in [0.25, 0.3) is 5.91 Å². The maximum atomic E-state index is 12.3. The van der Waals surface area contributed by atoms with Gasteiger partial charge in [0.15, 0.2) is 0 Å². The molecule has 0 spiro atoms. The SMILES string of the molecule is Cc1nc(CCNC(=O)c2cnn(Cc3ccccc3)c2)nc2c1CCC2. The number of carbonyl (C=O) groups excluding carboxylic acids is 1. The fourth-order valence-electron chi connectivity index (χ4n) is 3.52. The lowest BCUT2D eigenvalue weighted by Crippen LogP contribution is -2.26. The van der Waals surface area contributed by atoms with Crippen LogP contribution in [0.15, 0.2) is 42.7 Å². The van der Waals surface area contributed by atoms with Crippen LogP contribution in [0.2, 0.25) is 0 Å². The van der Waals surface area contributed by atoms with Crippen LogP contribution in [-0.2, 0) is 25.8 Å². The molecule has 138 valence electrons. The first-order valence-corrected chi connectivity index (χ1v) is 9.39. The third-order valence-corrected chi connectivity index (χ3v) is 4.90. The highest BCUT2D eigenvalue weighted by molar-refractivity contribution is 5.93. The highest BCUT2D eigenvalue weighted by Gasteiger charge is 2.17. The van der Waals surface area contributed by atoms with E-state index in [1.54, 1.807) is 17.1 Å². The molecule has 0 aliphatic heterocycles. The summed E-state index contributed by atoms with van der Waals surface area (Å²) in [6, 6.07) is 10.1. The van der Waals surface area contributed by atoms with Crippen LogP contribution in [0.4, 0.5) is 0 Å². The summed E-state index contributed by atoms with van der Waals surface area (Å²) in [4.78, 5) is 21.6. The molecule has 3 aromatic rings. The third kappa shape index (κ3) is 4.05. The van der Waals surface area contributed by atoms with Gasteiger partial charge in [0, 0.05) is 30.6 Å². The normalized spacial score (nSPS) is 12.8.